The molecule has 0 fully saturated rings. The van der Waals surface area contributed by atoms with Crippen molar-refractivity contribution in [3.63, 3.8) is 0 Å². The molecule has 4 rings (SSSR count). The fourth-order valence-electron chi connectivity index (χ4n) is 3.71. The summed E-state index contributed by atoms with van der Waals surface area (Å²) in [6, 6.07) is 26.3. The third-order valence-corrected chi connectivity index (χ3v) is 5.14. The fraction of sp³-hybridized carbons (Fsp3) is 0.160. The second kappa shape index (κ2) is 8.13. The second-order valence-corrected chi connectivity index (χ2v) is 7.16. The molecule has 1 aromatic heterocycles. The number of aromatic amines is 1. The first kappa shape index (κ1) is 18.1. The van der Waals surface area contributed by atoms with Crippen molar-refractivity contribution >= 4 is 16.8 Å². The first-order valence-corrected chi connectivity index (χ1v) is 9.66. The number of amides is 1. The maximum Gasteiger partial charge on any atom is 0.232 e. The fourth-order valence-corrected chi connectivity index (χ4v) is 3.71. The topological polar surface area (TPSA) is 44.9 Å². The molecule has 0 spiro atoms. The Bertz CT molecular complexity index is 1030. The van der Waals surface area contributed by atoms with Gasteiger partial charge in [0.1, 0.15) is 0 Å². The molecule has 140 valence electrons. The van der Waals surface area contributed by atoms with Gasteiger partial charge in [-0.3, -0.25) is 4.79 Å². The van der Waals surface area contributed by atoms with E-state index in [4.69, 9.17) is 0 Å². The zero-order valence-corrected chi connectivity index (χ0v) is 16.0. The number of fused-ring (bicyclic) bond motifs is 1. The van der Waals surface area contributed by atoms with Crippen LogP contribution in [0, 0.1) is 6.92 Å². The lowest BCUT2D eigenvalue weighted by atomic mass is 9.90. The van der Waals surface area contributed by atoms with E-state index in [9.17, 15) is 4.79 Å². The van der Waals surface area contributed by atoms with Crippen LogP contribution in [0.15, 0.2) is 85.1 Å². The third-order valence-electron chi connectivity index (χ3n) is 5.14. The van der Waals surface area contributed by atoms with E-state index >= 15 is 0 Å². The van der Waals surface area contributed by atoms with Crippen LogP contribution in [0.5, 0.6) is 0 Å². The molecule has 1 amide bonds. The van der Waals surface area contributed by atoms with Gasteiger partial charge >= 0.3 is 0 Å². The number of H-pyrrole nitrogens is 1. The minimum Gasteiger partial charge on any atom is -0.361 e. The number of benzene rings is 3. The van der Waals surface area contributed by atoms with Crippen molar-refractivity contribution in [3.05, 3.63) is 107 Å². The molecular formula is C25H24N2O. The van der Waals surface area contributed by atoms with E-state index in [1.165, 1.54) is 16.5 Å². The molecule has 1 heterocycles. The van der Waals surface area contributed by atoms with Gasteiger partial charge in [0.25, 0.3) is 0 Å². The molecule has 4 aromatic rings. The number of aryl methyl sites for hydroxylation is 1. The Labute approximate surface area is 165 Å². The molecule has 0 unspecified atom stereocenters. The van der Waals surface area contributed by atoms with Gasteiger partial charge in [0, 0.05) is 23.6 Å². The summed E-state index contributed by atoms with van der Waals surface area (Å²) >= 11 is 0. The molecule has 0 aliphatic rings. The summed E-state index contributed by atoms with van der Waals surface area (Å²) in [7, 11) is 0. The predicted octanol–water partition coefficient (Wildman–Crippen LogP) is 4.97. The molecule has 3 aromatic carbocycles. The largest absolute Gasteiger partial charge is 0.361 e. The maximum atomic E-state index is 13.1. The van der Waals surface area contributed by atoms with Crippen molar-refractivity contribution in [2.24, 2.45) is 0 Å². The summed E-state index contributed by atoms with van der Waals surface area (Å²) in [5.74, 6) is -0.263. The lowest BCUT2D eigenvalue weighted by Gasteiger charge is -2.18. The molecule has 3 nitrogen and oxygen atoms in total. The molecule has 28 heavy (non-hydrogen) atoms. The first-order chi connectivity index (χ1) is 13.7. The number of carbonyl (C=O) groups is 1. The van der Waals surface area contributed by atoms with Gasteiger partial charge in [-0.2, -0.15) is 0 Å². The second-order valence-electron chi connectivity index (χ2n) is 7.16. The lowest BCUT2D eigenvalue weighted by molar-refractivity contribution is -0.121. The maximum absolute atomic E-state index is 13.1. The van der Waals surface area contributed by atoms with Crippen LogP contribution in [0.3, 0.4) is 0 Å². The van der Waals surface area contributed by atoms with Gasteiger partial charge in [0.15, 0.2) is 0 Å². The quantitative estimate of drug-likeness (QED) is 0.496. The molecule has 0 atom stereocenters. The highest BCUT2D eigenvalue weighted by Gasteiger charge is 2.22. The predicted molar refractivity (Wildman–Crippen MR) is 114 cm³/mol. The van der Waals surface area contributed by atoms with Gasteiger partial charge in [0.05, 0.1) is 5.92 Å². The number of rotatable bonds is 6. The molecule has 0 aliphatic carbocycles. The average molecular weight is 368 g/mol. The van der Waals surface area contributed by atoms with Crippen molar-refractivity contribution < 1.29 is 4.79 Å². The van der Waals surface area contributed by atoms with Crippen molar-refractivity contribution in [1.82, 2.24) is 10.3 Å². The van der Waals surface area contributed by atoms with Gasteiger partial charge < -0.3 is 10.3 Å². The minimum atomic E-state index is -0.299. The van der Waals surface area contributed by atoms with E-state index in [1.807, 2.05) is 66.9 Å². The average Bonchev–Trinajstić information content (AvgIpc) is 3.12. The van der Waals surface area contributed by atoms with Crippen molar-refractivity contribution in [2.75, 3.05) is 6.54 Å². The van der Waals surface area contributed by atoms with Crippen LogP contribution in [0.2, 0.25) is 0 Å². The molecular weight excluding hydrogens is 344 g/mol. The van der Waals surface area contributed by atoms with E-state index in [-0.39, 0.29) is 11.8 Å². The Morgan fingerprint density at radius 3 is 2.21 bits per heavy atom. The Morgan fingerprint density at radius 2 is 1.57 bits per heavy atom. The highest BCUT2D eigenvalue weighted by atomic mass is 16.1. The van der Waals surface area contributed by atoms with Crippen molar-refractivity contribution in [2.45, 2.75) is 19.3 Å². The zero-order valence-electron chi connectivity index (χ0n) is 16.0. The smallest absolute Gasteiger partial charge is 0.232 e. The zero-order chi connectivity index (χ0) is 19.3. The Balaban J connectivity index is 1.49. The van der Waals surface area contributed by atoms with Gasteiger partial charge in [-0.05, 0) is 42.2 Å². The number of aromatic nitrogens is 1. The molecule has 0 aliphatic heterocycles. The van der Waals surface area contributed by atoms with Crippen LogP contribution in [0.1, 0.15) is 28.2 Å². The highest BCUT2D eigenvalue weighted by Crippen LogP contribution is 2.25. The molecule has 0 saturated carbocycles. The highest BCUT2D eigenvalue weighted by molar-refractivity contribution is 5.87. The summed E-state index contributed by atoms with van der Waals surface area (Å²) in [5.41, 5.74) is 5.63. The molecule has 0 bridgehead atoms. The van der Waals surface area contributed by atoms with Crippen LogP contribution < -0.4 is 5.32 Å². The van der Waals surface area contributed by atoms with Crippen LogP contribution in [-0.2, 0) is 11.2 Å². The van der Waals surface area contributed by atoms with Crippen molar-refractivity contribution in [3.8, 4) is 0 Å². The standard InChI is InChI=1S/C25H24N2O/c1-18-12-13-23-22(16-18)21(17-27-23)14-15-26-25(28)24(19-8-4-2-5-9-19)20-10-6-3-7-11-20/h2-13,16-17,24,27H,14-15H2,1H3,(H,26,28). The molecule has 0 saturated heterocycles. The minimum absolute atomic E-state index is 0.0356. The van der Waals surface area contributed by atoms with E-state index in [1.54, 1.807) is 0 Å². The van der Waals surface area contributed by atoms with Crippen LogP contribution >= 0.6 is 0 Å². The normalized spacial score (nSPS) is 11.1. The Hall–Kier alpha value is -3.33. The summed E-state index contributed by atoms with van der Waals surface area (Å²) < 4.78 is 0. The summed E-state index contributed by atoms with van der Waals surface area (Å²) in [4.78, 5) is 16.4. The summed E-state index contributed by atoms with van der Waals surface area (Å²) in [6.07, 6.45) is 2.84. The van der Waals surface area contributed by atoms with E-state index in [0.29, 0.717) is 6.54 Å². The lowest BCUT2D eigenvalue weighted by Crippen LogP contribution is -2.31. The van der Waals surface area contributed by atoms with Gasteiger partial charge in [0.2, 0.25) is 5.91 Å². The van der Waals surface area contributed by atoms with Crippen LogP contribution in [0.4, 0.5) is 0 Å². The van der Waals surface area contributed by atoms with Crippen molar-refractivity contribution in [1.29, 1.82) is 0 Å². The molecule has 0 radical (unpaired) electrons. The third kappa shape index (κ3) is 3.84. The first-order valence-electron chi connectivity index (χ1n) is 9.66. The van der Waals surface area contributed by atoms with Gasteiger partial charge in [-0.15, -0.1) is 0 Å². The van der Waals surface area contributed by atoms with E-state index in [0.717, 1.165) is 23.1 Å². The monoisotopic (exact) mass is 368 g/mol. The summed E-state index contributed by atoms with van der Waals surface area (Å²) in [5, 5.41) is 4.38. The number of carbonyl (C=O) groups excluding carboxylic acids is 1. The van der Waals surface area contributed by atoms with Gasteiger partial charge in [-0.25, -0.2) is 0 Å². The Morgan fingerprint density at radius 1 is 0.929 bits per heavy atom. The number of hydrogen-bond donors (Lipinski definition) is 2. The number of hydrogen-bond acceptors (Lipinski definition) is 1. The van der Waals surface area contributed by atoms with Crippen LogP contribution in [0.25, 0.3) is 10.9 Å². The van der Waals surface area contributed by atoms with E-state index < -0.39 is 0 Å². The summed E-state index contributed by atoms with van der Waals surface area (Å²) in [6.45, 7) is 2.71. The van der Waals surface area contributed by atoms with E-state index in [2.05, 4.69) is 35.4 Å². The molecule has 3 heteroatoms. The molecule has 2 N–H and O–H groups in total. The Kier molecular flexibility index (Phi) is 5.24. The van der Waals surface area contributed by atoms with Gasteiger partial charge in [-0.1, -0.05) is 72.3 Å². The SMILES string of the molecule is Cc1ccc2[nH]cc(CCNC(=O)C(c3ccccc3)c3ccccc3)c2c1. The van der Waals surface area contributed by atoms with Crippen LogP contribution in [-0.4, -0.2) is 17.4 Å². The number of nitrogens with one attached hydrogen (secondary N) is 2.